The van der Waals surface area contributed by atoms with Gasteiger partial charge in [-0.1, -0.05) is 15.9 Å². The highest BCUT2D eigenvalue weighted by molar-refractivity contribution is 9.10. The number of nitrogens with one attached hydrogen (secondary N) is 1. The van der Waals surface area contributed by atoms with Crippen molar-refractivity contribution in [1.29, 1.82) is 0 Å². The highest BCUT2D eigenvalue weighted by Gasteiger charge is 2.07. The third-order valence-electron chi connectivity index (χ3n) is 3.22. The van der Waals surface area contributed by atoms with E-state index >= 15 is 0 Å². The standard InChI is InChI=1S/C16H18BrN3O/c1-3-20(4-2)14-9-10-15(18-11-14)19-16(21)12-5-7-13(17)8-6-12/h5-11H,3-4H2,1-2H3,(H,18,19,21). The van der Waals surface area contributed by atoms with Crippen LogP contribution in [-0.4, -0.2) is 24.0 Å². The molecule has 0 unspecified atom stereocenters. The van der Waals surface area contributed by atoms with Crippen LogP contribution in [0, 0.1) is 0 Å². The fourth-order valence-electron chi connectivity index (χ4n) is 2.03. The first-order valence-corrected chi connectivity index (χ1v) is 7.71. The summed E-state index contributed by atoms with van der Waals surface area (Å²) < 4.78 is 0.945. The fraction of sp³-hybridized carbons (Fsp3) is 0.250. The summed E-state index contributed by atoms with van der Waals surface area (Å²) in [6, 6.07) is 11.0. The Balaban J connectivity index is 2.06. The lowest BCUT2D eigenvalue weighted by Crippen LogP contribution is -2.22. The smallest absolute Gasteiger partial charge is 0.256 e. The average Bonchev–Trinajstić information content (AvgIpc) is 2.51. The maximum Gasteiger partial charge on any atom is 0.256 e. The van der Waals surface area contributed by atoms with Crippen molar-refractivity contribution in [3.63, 3.8) is 0 Å². The molecule has 0 spiro atoms. The second-order valence-corrected chi connectivity index (χ2v) is 5.45. The molecule has 0 fully saturated rings. The van der Waals surface area contributed by atoms with Crippen LogP contribution in [0.15, 0.2) is 47.1 Å². The maximum absolute atomic E-state index is 12.1. The third-order valence-corrected chi connectivity index (χ3v) is 3.75. The molecule has 0 bridgehead atoms. The molecule has 2 aromatic rings. The van der Waals surface area contributed by atoms with Crippen LogP contribution in [-0.2, 0) is 0 Å². The highest BCUT2D eigenvalue weighted by Crippen LogP contribution is 2.16. The number of pyridine rings is 1. The largest absolute Gasteiger partial charge is 0.371 e. The number of carbonyl (C=O) groups is 1. The van der Waals surface area contributed by atoms with E-state index in [0.29, 0.717) is 11.4 Å². The summed E-state index contributed by atoms with van der Waals surface area (Å²) in [5, 5.41) is 2.80. The van der Waals surface area contributed by atoms with Crippen molar-refractivity contribution in [2.24, 2.45) is 0 Å². The molecule has 1 heterocycles. The quantitative estimate of drug-likeness (QED) is 0.890. The fourth-order valence-corrected chi connectivity index (χ4v) is 2.29. The van der Waals surface area contributed by atoms with Crippen LogP contribution in [0.5, 0.6) is 0 Å². The number of nitrogens with zero attached hydrogens (tertiary/aromatic N) is 2. The molecule has 21 heavy (non-hydrogen) atoms. The summed E-state index contributed by atoms with van der Waals surface area (Å²) in [7, 11) is 0. The topological polar surface area (TPSA) is 45.2 Å². The number of anilines is 2. The minimum Gasteiger partial charge on any atom is -0.371 e. The van der Waals surface area contributed by atoms with Gasteiger partial charge in [-0.2, -0.15) is 0 Å². The van der Waals surface area contributed by atoms with Crippen LogP contribution in [0.25, 0.3) is 0 Å². The zero-order valence-electron chi connectivity index (χ0n) is 12.1. The second-order valence-electron chi connectivity index (χ2n) is 4.53. The van der Waals surface area contributed by atoms with Gasteiger partial charge in [-0.3, -0.25) is 4.79 Å². The van der Waals surface area contributed by atoms with E-state index in [0.717, 1.165) is 23.2 Å². The lowest BCUT2D eigenvalue weighted by Gasteiger charge is -2.20. The Labute approximate surface area is 133 Å². The Morgan fingerprint density at radius 3 is 2.33 bits per heavy atom. The van der Waals surface area contributed by atoms with E-state index in [1.165, 1.54) is 0 Å². The molecule has 0 aliphatic carbocycles. The zero-order valence-corrected chi connectivity index (χ0v) is 13.7. The van der Waals surface area contributed by atoms with Crippen molar-refractivity contribution in [1.82, 2.24) is 4.98 Å². The Hall–Kier alpha value is -1.88. The Kier molecular flexibility index (Phi) is 5.33. The Morgan fingerprint density at radius 1 is 1.14 bits per heavy atom. The Bertz CT molecular complexity index is 592. The molecule has 0 aliphatic heterocycles. The number of carbonyl (C=O) groups excluding carboxylic acids is 1. The van der Waals surface area contributed by atoms with Gasteiger partial charge in [0.1, 0.15) is 5.82 Å². The number of rotatable bonds is 5. The van der Waals surface area contributed by atoms with E-state index in [-0.39, 0.29) is 5.91 Å². The molecule has 110 valence electrons. The van der Waals surface area contributed by atoms with Crippen LogP contribution >= 0.6 is 15.9 Å². The van der Waals surface area contributed by atoms with Crippen LogP contribution in [0.2, 0.25) is 0 Å². The van der Waals surface area contributed by atoms with E-state index in [1.807, 2.05) is 24.3 Å². The average molecular weight is 348 g/mol. The van der Waals surface area contributed by atoms with E-state index in [1.54, 1.807) is 18.3 Å². The summed E-state index contributed by atoms with van der Waals surface area (Å²) in [6.07, 6.45) is 1.78. The molecule has 5 heteroatoms. The molecular formula is C16H18BrN3O. The molecular weight excluding hydrogens is 330 g/mol. The maximum atomic E-state index is 12.1. The van der Waals surface area contributed by atoms with E-state index < -0.39 is 0 Å². The SMILES string of the molecule is CCN(CC)c1ccc(NC(=O)c2ccc(Br)cc2)nc1. The van der Waals surface area contributed by atoms with Gasteiger partial charge in [-0.05, 0) is 50.2 Å². The molecule has 0 atom stereocenters. The van der Waals surface area contributed by atoms with Gasteiger partial charge in [0, 0.05) is 23.1 Å². The molecule has 0 radical (unpaired) electrons. The monoisotopic (exact) mass is 347 g/mol. The third kappa shape index (κ3) is 4.04. The minimum absolute atomic E-state index is 0.161. The molecule has 1 amide bonds. The Morgan fingerprint density at radius 2 is 1.81 bits per heavy atom. The molecule has 1 aromatic heterocycles. The van der Waals surface area contributed by atoms with Crippen molar-refractivity contribution in [3.05, 3.63) is 52.6 Å². The predicted octanol–water partition coefficient (Wildman–Crippen LogP) is 3.94. The van der Waals surface area contributed by atoms with Gasteiger partial charge in [0.15, 0.2) is 0 Å². The first-order valence-electron chi connectivity index (χ1n) is 6.92. The zero-order chi connectivity index (χ0) is 15.2. The summed E-state index contributed by atoms with van der Waals surface area (Å²) in [6.45, 7) is 6.07. The highest BCUT2D eigenvalue weighted by atomic mass is 79.9. The van der Waals surface area contributed by atoms with Crippen molar-refractivity contribution < 1.29 is 4.79 Å². The molecule has 1 N–H and O–H groups in total. The van der Waals surface area contributed by atoms with Crippen LogP contribution < -0.4 is 10.2 Å². The predicted molar refractivity (Wildman–Crippen MR) is 89.9 cm³/mol. The molecule has 1 aromatic carbocycles. The summed E-state index contributed by atoms with van der Waals surface area (Å²) in [5.74, 6) is 0.393. The normalized spacial score (nSPS) is 10.2. The van der Waals surface area contributed by atoms with Gasteiger partial charge >= 0.3 is 0 Å². The lowest BCUT2D eigenvalue weighted by atomic mass is 10.2. The number of halogens is 1. The second kappa shape index (κ2) is 7.22. The summed E-state index contributed by atoms with van der Waals surface area (Å²) in [4.78, 5) is 18.6. The number of amides is 1. The first kappa shape index (κ1) is 15.5. The van der Waals surface area contributed by atoms with Gasteiger partial charge in [0.25, 0.3) is 5.91 Å². The number of aromatic nitrogens is 1. The van der Waals surface area contributed by atoms with Crippen molar-refractivity contribution in [2.45, 2.75) is 13.8 Å². The van der Waals surface area contributed by atoms with Crippen molar-refractivity contribution in [2.75, 3.05) is 23.3 Å². The number of hydrogen-bond donors (Lipinski definition) is 1. The number of benzene rings is 1. The lowest BCUT2D eigenvalue weighted by molar-refractivity contribution is 0.102. The first-order chi connectivity index (χ1) is 10.1. The molecule has 0 aliphatic rings. The van der Waals surface area contributed by atoms with E-state index in [4.69, 9.17) is 0 Å². The van der Waals surface area contributed by atoms with Gasteiger partial charge in [-0.15, -0.1) is 0 Å². The summed E-state index contributed by atoms with van der Waals surface area (Å²) >= 11 is 3.35. The molecule has 2 rings (SSSR count). The minimum atomic E-state index is -0.161. The van der Waals surface area contributed by atoms with Crippen LogP contribution in [0.4, 0.5) is 11.5 Å². The van der Waals surface area contributed by atoms with Gasteiger partial charge in [0.05, 0.1) is 11.9 Å². The van der Waals surface area contributed by atoms with Crippen molar-refractivity contribution in [3.8, 4) is 0 Å². The number of hydrogen-bond acceptors (Lipinski definition) is 3. The van der Waals surface area contributed by atoms with Gasteiger partial charge < -0.3 is 10.2 Å². The molecule has 4 nitrogen and oxygen atoms in total. The van der Waals surface area contributed by atoms with Crippen molar-refractivity contribution >= 4 is 33.3 Å². The van der Waals surface area contributed by atoms with Crippen LogP contribution in [0.1, 0.15) is 24.2 Å². The van der Waals surface area contributed by atoms with Gasteiger partial charge in [-0.25, -0.2) is 4.98 Å². The summed E-state index contributed by atoms with van der Waals surface area (Å²) in [5.41, 5.74) is 1.66. The molecule has 0 saturated carbocycles. The van der Waals surface area contributed by atoms with Crippen LogP contribution in [0.3, 0.4) is 0 Å². The van der Waals surface area contributed by atoms with E-state index in [9.17, 15) is 4.79 Å². The van der Waals surface area contributed by atoms with Gasteiger partial charge in [0.2, 0.25) is 0 Å². The molecule has 0 saturated heterocycles. The van der Waals surface area contributed by atoms with E-state index in [2.05, 4.69) is 45.0 Å².